The summed E-state index contributed by atoms with van der Waals surface area (Å²) in [6, 6.07) is 32.9. The molecule has 0 fully saturated rings. The van der Waals surface area contributed by atoms with Crippen LogP contribution in [-0.2, 0) is 11.2 Å². The molecule has 4 aromatic rings. The van der Waals surface area contributed by atoms with E-state index in [4.69, 9.17) is 4.74 Å². The number of amides is 2. The summed E-state index contributed by atoms with van der Waals surface area (Å²) in [5.41, 5.74) is 3.53. The molecule has 40 heavy (non-hydrogen) atoms. The number of aryl methyl sites for hydroxylation is 1. The van der Waals surface area contributed by atoms with Gasteiger partial charge in [0.15, 0.2) is 0 Å². The second kappa shape index (κ2) is 14.2. The number of benzene rings is 4. The van der Waals surface area contributed by atoms with Gasteiger partial charge in [0, 0.05) is 27.7 Å². The number of nitrogens with one attached hydrogen (secondary N) is 1. The predicted octanol–water partition coefficient (Wildman–Crippen LogP) is 8.10. The number of hydrogen-bond acceptors (Lipinski definition) is 4. The van der Waals surface area contributed by atoms with E-state index in [9.17, 15) is 14.7 Å². The molecular formula is C33H34N2O4S. The first-order valence-electron chi connectivity index (χ1n) is 13.3. The lowest BCUT2D eigenvalue weighted by Crippen LogP contribution is -2.36. The fourth-order valence-electron chi connectivity index (χ4n) is 4.47. The molecule has 0 heterocycles. The second-order valence-electron chi connectivity index (χ2n) is 9.37. The molecule has 206 valence electrons. The highest BCUT2D eigenvalue weighted by atomic mass is 32.2. The third-order valence-electron chi connectivity index (χ3n) is 6.63. The van der Waals surface area contributed by atoms with Crippen molar-refractivity contribution in [3.8, 4) is 5.75 Å². The summed E-state index contributed by atoms with van der Waals surface area (Å²) >= 11 is 1.58. The zero-order chi connectivity index (χ0) is 28.3. The van der Waals surface area contributed by atoms with E-state index in [0.29, 0.717) is 18.7 Å². The average molecular weight is 555 g/mol. The standard InChI is InChI=1S/C33H34N2O4S/c1-3-31(32(36)37)25-14-20-29(21-15-25)40-30-13-7-12-27(23-30)35(22-8-11-24-9-5-4-6-10-24)33(38)34-26-16-18-28(39-2)19-17-26/h4-7,9-10,12-21,23,31H,3,8,11,22H2,1-2H3,(H,34,38)(H,36,37). The van der Waals surface area contributed by atoms with Crippen LogP contribution >= 0.6 is 11.8 Å². The zero-order valence-electron chi connectivity index (χ0n) is 22.7. The Bertz CT molecular complexity index is 1390. The Morgan fingerprint density at radius 3 is 2.27 bits per heavy atom. The first-order valence-corrected chi connectivity index (χ1v) is 14.2. The smallest absolute Gasteiger partial charge is 0.326 e. The molecule has 0 radical (unpaired) electrons. The number of urea groups is 1. The highest BCUT2D eigenvalue weighted by Gasteiger charge is 2.18. The van der Waals surface area contributed by atoms with Crippen molar-refractivity contribution in [2.24, 2.45) is 0 Å². The molecule has 0 aliphatic carbocycles. The topological polar surface area (TPSA) is 78.9 Å². The van der Waals surface area contributed by atoms with Crippen LogP contribution in [0.5, 0.6) is 5.75 Å². The van der Waals surface area contributed by atoms with Gasteiger partial charge in [-0.25, -0.2) is 4.79 Å². The molecule has 0 aromatic heterocycles. The number of carboxylic acids is 1. The summed E-state index contributed by atoms with van der Waals surface area (Å²) in [6.45, 7) is 2.43. The molecular weight excluding hydrogens is 520 g/mol. The molecule has 6 nitrogen and oxygen atoms in total. The molecule has 0 saturated carbocycles. The van der Waals surface area contributed by atoms with Crippen LogP contribution in [0.25, 0.3) is 0 Å². The number of rotatable bonds is 12. The Morgan fingerprint density at radius 1 is 0.900 bits per heavy atom. The van der Waals surface area contributed by atoms with Crippen LogP contribution < -0.4 is 15.0 Å². The molecule has 0 aliphatic rings. The van der Waals surface area contributed by atoms with Crippen LogP contribution in [-0.4, -0.2) is 30.8 Å². The maximum atomic E-state index is 13.5. The summed E-state index contributed by atoms with van der Waals surface area (Å²) in [4.78, 5) is 28.8. The maximum absolute atomic E-state index is 13.5. The van der Waals surface area contributed by atoms with E-state index in [2.05, 4.69) is 17.4 Å². The number of methoxy groups -OCH3 is 1. The Balaban J connectivity index is 1.51. The molecule has 4 aromatic carbocycles. The second-order valence-corrected chi connectivity index (χ2v) is 10.5. The minimum Gasteiger partial charge on any atom is -0.497 e. The van der Waals surface area contributed by atoms with Gasteiger partial charge in [0.25, 0.3) is 0 Å². The normalized spacial score (nSPS) is 11.4. The van der Waals surface area contributed by atoms with Gasteiger partial charge in [-0.1, -0.05) is 67.2 Å². The van der Waals surface area contributed by atoms with Gasteiger partial charge in [0.1, 0.15) is 5.75 Å². The Morgan fingerprint density at radius 2 is 1.62 bits per heavy atom. The summed E-state index contributed by atoms with van der Waals surface area (Å²) < 4.78 is 5.23. The third kappa shape index (κ3) is 7.90. The summed E-state index contributed by atoms with van der Waals surface area (Å²) in [5.74, 6) is -0.587. The van der Waals surface area contributed by atoms with Crippen LogP contribution in [0.2, 0.25) is 0 Å². The van der Waals surface area contributed by atoms with E-state index in [1.54, 1.807) is 23.8 Å². The van der Waals surface area contributed by atoms with Crippen molar-refractivity contribution >= 4 is 35.1 Å². The Labute approximate surface area is 240 Å². The minimum absolute atomic E-state index is 0.205. The predicted molar refractivity (Wildman–Crippen MR) is 162 cm³/mol. The summed E-state index contributed by atoms with van der Waals surface area (Å²) in [5, 5.41) is 12.5. The first-order chi connectivity index (χ1) is 19.5. The number of carbonyl (C=O) groups excluding carboxylic acids is 1. The van der Waals surface area contributed by atoms with E-state index < -0.39 is 11.9 Å². The SMILES string of the molecule is CCC(C(=O)O)c1ccc(Sc2cccc(N(CCCc3ccccc3)C(=O)Nc3ccc(OC)cc3)c2)cc1. The van der Waals surface area contributed by atoms with Crippen LogP contribution in [0.15, 0.2) is 113 Å². The summed E-state index contributed by atoms with van der Waals surface area (Å²) in [6.07, 6.45) is 2.21. The molecule has 0 saturated heterocycles. The van der Waals surface area contributed by atoms with Gasteiger partial charge in [0.2, 0.25) is 0 Å². The van der Waals surface area contributed by atoms with E-state index in [-0.39, 0.29) is 6.03 Å². The Hall–Kier alpha value is -4.23. The van der Waals surface area contributed by atoms with Crippen molar-refractivity contribution in [1.82, 2.24) is 0 Å². The fraction of sp³-hybridized carbons (Fsp3) is 0.212. The highest BCUT2D eigenvalue weighted by Crippen LogP contribution is 2.32. The van der Waals surface area contributed by atoms with Gasteiger partial charge in [-0.2, -0.15) is 0 Å². The zero-order valence-corrected chi connectivity index (χ0v) is 23.6. The number of carbonyl (C=O) groups is 2. The molecule has 1 atom stereocenters. The van der Waals surface area contributed by atoms with E-state index in [1.807, 2.05) is 97.9 Å². The van der Waals surface area contributed by atoms with Gasteiger partial charge < -0.3 is 15.2 Å². The molecule has 0 aliphatic heterocycles. The van der Waals surface area contributed by atoms with Gasteiger partial charge in [-0.05, 0) is 85.0 Å². The minimum atomic E-state index is -0.809. The van der Waals surface area contributed by atoms with Gasteiger partial charge in [-0.15, -0.1) is 0 Å². The van der Waals surface area contributed by atoms with Gasteiger partial charge in [0.05, 0.1) is 13.0 Å². The monoisotopic (exact) mass is 554 g/mol. The maximum Gasteiger partial charge on any atom is 0.326 e. The van der Waals surface area contributed by atoms with Crippen molar-refractivity contribution in [2.45, 2.75) is 41.9 Å². The van der Waals surface area contributed by atoms with Gasteiger partial charge in [-0.3, -0.25) is 9.69 Å². The lowest BCUT2D eigenvalue weighted by Gasteiger charge is -2.24. The van der Waals surface area contributed by atoms with Crippen LogP contribution in [0, 0.1) is 0 Å². The van der Waals surface area contributed by atoms with Gasteiger partial charge >= 0.3 is 12.0 Å². The van der Waals surface area contributed by atoms with Crippen molar-refractivity contribution in [3.63, 3.8) is 0 Å². The number of carboxylic acid groups (broad SMARTS) is 1. The molecule has 7 heteroatoms. The third-order valence-corrected chi connectivity index (χ3v) is 7.63. The number of aliphatic carboxylic acids is 1. The number of nitrogens with zero attached hydrogens (tertiary/aromatic N) is 1. The molecule has 2 amide bonds. The van der Waals surface area contributed by atoms with Crippen molar-refractivity contribution in [2.75, 3.05) is 23.9 Å². The lowest BCUT2D eigenvalue weighted by atomic mass is 9.97. The highest BCUT2D eigenvalue weighted by molar-refractivity contribution is 7.99. The van der Waals surface area contributed by atoms with E-state index in [0.717, 1.165) is 39.6 Å². The number of ether oxygens (including phenoxy) is 1. The molecule has 2 N–H and O–H groups in total. The molecule has 0 bridgehead atoms. The first kappa shape index (κ1) is 28.8. The number of anilines is 2. The molecule has 0 spiro atoms. The summed E-state index contributed by atoms with van der Waals surface area (Å²) in [7, 11) is 1.61. The quantitative estimate of drug-likeness (QED) is 0.185. The van der Waals surface area contributed by atoms with Crippen LogP contribution in [0.1, 0.15) is 36.8 Å². The van der Waals surface area contributed by atoms with E-state index >= 15 is 0 Å². The number of hydrogen-bond donors (Lipinski definition) is 2. The lowest BCUT2D eigenvalue weighted by molar-refractivity contribution is -0.138. The molecule has 4 rings (SSSR count). The van der Waals surface area contributed by atoms with Crippen LogP contribution in [0.3, 0.4) is 0 Å². The largest absolute Gasteiger partial charge is 0.497 e. The van der Waals surface area contributed by atoms with Crippen molar-refractivity contribution in [1.29, 1.82) is 0 Å². The molecule has 1 unspecified atom stereocenters. The Kier molecular flexibility index (Phi) is 10.2. The van der Waals surface area contributed by atoms with E-state index in [1.165, 1.54) is 5.56 Å². The van der Waals surface area contributed by atoms with Crippen molar-refractivity contribution in [3.05, 3.63) is 114 Å². The average Bonchev–Trinajstić information content (AvgIpc) is 2.97. The fourth-order valence-corrected chi connectivity index (χ4v) is 5.34. The van der Waals surface area contributed by atoms with Crippen LogP contribution in [0.4, 0.5) is 16.2 Å². The van der Waals surface area contributed by atoms with Crippen molar-refractivity contribution < 1.29 is 19.4 Å².